The molecule has 24 heavy (non-hydrogen) atoms. The zero-order valence-corrected chi connectivity index (χ0v) is 12.8. The zero-order valence-electron chi connectivity index (χ0n) is 11.2. The van der Waals surface area contributed by atoms with Crippen LogP contribution < -0.4 is 5.32 Å². The SMILES string of the molecule is O=C(Nc1c(F)c(F)c(C(F)(F)F)c(F)c1F)c1cccc(Br)c1. The van der Waals surface area contributed by atoms with Gasteiger partial charge < -0.3 is 5.32 Å². The molecule has 0 radical (unpaired) electrons. The van der Waals surface area contributed by atoms with Gasteiger partial charge in [-0.1, -0.05) is 22.0 Å². The second-order valence-corrected chi connectivity index (χ2v) is 5.38. The van der Waals surface area contributed by atoms with E-state index in [1.807, 2.05) is 0 Å². The normalized spacial score (nSPS) is 11.5. The molecule has 0 saturated carbocycles. The predicted molar refractivity (Wildman–Crippen MR) is 73.4 cm³/mol. The molecule has 10 heteroatoms. The number of alkyl halides is 3. The van der Waals surface area contributed by atoms with Gasteiger partial charge in [-0.3, -0.25) is 4.79 Å². The molecule has 0 fully saturated rings. The lowest BCUT2D eigenvalue weighted by Gasteiger charge is -2.14. The van der Waals surface area contributed by atoms with E-state index >= 15 is 0 Å². The fraction of sp³-hybridized carbons (Fsp3) is 0.0714. The summed E-state index contributed by atoms with van der Waals surface area (Å²) in [5.74, 6) is -11.2. The van der Waals surface area contributed by atoms with Crippen LogP contribution in [0.25, 0.3) is 0 Å². The molecule has 0 bridgehead atoms. The topological polar surface area (TPSA) is 29.1 Å². The van der Waals surface area contributed by atoms with E-state index in [0.29, 0.717) is 4.47 Å². The summed E-state index contributed by atoms with van der Waals surface area (Å²) >= 11 is 3.03. The number of hydrogen-bond acceptors (Lipinski definition) is 1. The number of carbonyl (C=O) groups excluding carboxylic acids is 1. The Morgan fingerprint density at radius 3 is 1.96 bits per heavy atom. The summed E-state index contributed by atoms with van der Waals surface area (Å²) in [6.45, 7) is 0. The van der Waals surface area contributed by atoms with Crippen molar-refractivity contribution in [2.45, 2.75) is 6.18 Å². The van der Waals surface area contributed by atoms with Crippen LogP contribution in [0.1, 0.15) is 15.9 Å². The van der Waals surface area contributed by atoms with Crippen molar-refractivity contribution in [2.24, 2.45) is 0 Å². The number of amides is 1. The molecule has 0 unspecified atom stereocenters. The molecule has 0 atom stereocenters. The summed E-state index contributed by atoms with van der Waals surface area (Å²) < 4.78 is 92.1. The first-order chi connectivity index (χ1) is 11.0. The molecule has 1 amide bonds. The average Bonchev–Trinajstić information content (AvgIpc) is 2.48. The maximum Gasteiger partial charge on any atom is 0.422 e. The number of hydrogen-bond donors (Lipinski definition) is 1. The van der Waals surface area contributed by atoms with Gasteiger partial charge in [-0.2, -0.15) is 13.2 Å². The van der Waals surface area contributed by atoms with E-state index in [1.54, 1.807) is 0 Å². The number of carbonyl (C=O) groups is 1. The minimum Gasteiger partial charge on any atom is -0.317 e. The molecular weight excluding hydrogens is 411 g/mol. The van der Waals surface area contributed by atoms with Gasteiger partial charge in [0.05, 0.1) is 0 Å². The highest BCUT2D eigenvalue weighted by Crippen LogP contribution is 2.38. The monoisotopic (exact) mass is 415 g/mol. The quantitative estimate of drug-likeness (QED) is 0.524. The van der Waals surface area contributed by atoms with Crippen molar-refractivity contribution in [2.75, 3.05) is 5.32 Å². The van der Waals surface area contributed by atoms with Crippen LogP contribution in [-0.4, -0.2) is 5.91 Å². The Balaban J connectivity index is 2.51. The Labute approximate surface area is 138 Å². The number of anilines is 1. The molecule has 0 saturated heterocycles. The molecule has 2 aromatic rings. The van der Waals surface area contributed by atoms with E-state index in [2.05, 4.69) is 15.9 Å². The highest BCUT2D eigenvalue weighted by Gasteiger charge is 2.42. The Hall–Kier alpha value is -2.10. The highest BCUT2D eigenvalue weighted by atomic mass is 79.9. The van der Waals surface area contributed by atoms with Gasteiger partial charge in [0.2, 0.25) is 0 Å². The molecule has 0 aromatic heterocycles. The summed E-state index contributed by atoms with van der Waals surface area (Å²) in [6.07, 6.45) is -5.65. The number of halogens is 8. The van der Waals surface area contributed by atoms with Gasteiger partial charge in [0.1, 0.15) is 11.3 Å². The largest absolute Gasteiger partial charge is 0.422 e. The lowest BCUT2D eigenvalue weighted by molar-refractivity contribution is -0.143. The summed E-state index contributed by atoms with van der Waals surface area (Å²) in [6, 6.07) is 5.35. The Morgan fingerprint density at radius 1 is 0.958 bits per heavy atom. The minimum atomic E-state index is -5.65. The van der Waals surface area contributed by atoms with E-state index in [1.165, 1.54) is 29.6 Å². The Kier molecular flexibility index (Phi) is 4.88. The molecule has 0 spiro atoms. The van der Waals surface area contributed by atoms with Gasteiger partial charge in [-0.15, -0.1) is 0 Å². The molecule has 0 aliphatic carbocycles. The van der Waals surface area contributed by atoms with Gasteiger partial charge >= 0.3 is 6.18 Å². The van der Waals surface area contributed by atoms with Crippen molar-refractivity contribution < 1.29 is 35.5 Å². The molecule has 2 nitrogen and oxygen atoms in total. The van der Waals surface area contributed by atoms with E-state index in [9.17, 15) is 35.5 Å². The fourth-order valence-corrected chi connectivity index (χ4v) is 2.20. The first-order valence-electron chi connectivity index (χ1n) is 6.04. The van der Waals surface area contributed by atoms with Crippen LogP contribution in [0.2, 0.25) is 0 Å². The maximum atomic E-state index is 13.7. The maximum absolute atomic E-state index is 13.7. The first kappa shape index (κ1) is 18.2. The van der Waals surface area contributed by atoms with Crippen LogP contribution in [-0.2, 0) is 6.18 Å². The second kappa shape index (κ2) is 6.42. The number of rotatable bonds is 2. The van der Waals surface area contributed by atoms with Crippen LogP contribution in [0.3, 0.4) is 0 Å². The van der Waals surface area contributed by atoms with Crippen molar-refractivity contribution in [3.05, 3.63) is 63.1 Å². The third-order valence-electron chi connectivity index (χ3n) is 2.87. The lowest BCUT2D eigenvalue weighted by atomic mass is 10.1. The van der Waals surface area contributed by atoms with Gasteiger partial charge in [0.15, 0.2) is 23.3 Å². The van der Waals surface area contributed by atoms with Crippen molar-refractivity contribution in [3.63, 3.8) is 0 Å². The van der Waals surface area contributed by atoms with E-state index in [0.717, 1.165) is 0 Å². The predicted octanol–water partition coefficient (Wildman–Crippen LogP) is 5.28. The van der Waals surface area contributed by atoms with Crippen LogP contribution in [0, 0.1) is 23.3 Å². The van der Waals surface area contributed by atoms with Crippen molar-refractivity contribution >= 4 is 27.5 Å². The molecule has 1 N–H and O–H groups in total. The van der Waals surface area contributed by atoms with Crippen molar-refractivity contribution in [3.8, 4) is 0 Å². The van der Waals surface area contributed by atoms with Gasteiger partial charge in [-0.25, -0.2) is 17.6 Å². The number of benzene rings is 2. The Morgan fingerprint density at radius 2 is 1.50 bits per heavy atom. The van der Waals surface area contributed by atoms with Gasteiger partial charge in [0, 0.05) is 10.0 Å². The smallest absolute Gasteiger partial charge is 0.317 e. The molecular formula is C14H5BrF7NO. The van der Waals surface area contributed by atoms with E-state index in [4.69, 9.17) is 0 Å². The van der Waals surface area contributed by atoms with Crippen molar-refractivity contribution in [1.82, 2.24) is 0 Å². The van der Waals surface area contributed by atoms with Crippen LogP contribution in [0.5, 0.6) is 0 Å². The molecule has 128 valence electrons. The summed E-state index contributed by atoms with van der Waals surface area (Å²) in [4.78, 5) is 11.8. The Bertz CT molecular complexity index is 790. The molecule has 0 aliphatic rings. The van der Waals surface area contributed by atoms with Crippen LogP contribution >= 0.6 is 15.9 Å². The highest BCUT2D eigenvalue weighted by molar-refractivity contribution is 9.10. The van der Waals surface area contributed by atoms with Crippen LogP contribution in [0.4, 0.5) is 36.4 Å². The van der Waals surface area contributed by atoms with Crippen molar-refractivity contribution in [1.29, 1.82) is 0 Å². The third-order valence-corrected chi connectivity index (χ3v) is 3.37. The molecule has 0 aliphatic heterocycles. The number of nitrogens with one attached hydrogen (secondary N) is 1. The minimum absolute atomic E-state index is 0.149. The first-order valence-corrected chi connectivity index (χ1v) is 6.83. The zero-order chi connectivity index (χ0) is 18.2. The van der Waals surface area contributed by atoms with E-state index in [-0.39, 0.29) is 5.56 Å². The van der Waals surface area contributed by atoms with Crippen LogP contribution in [0.15, 0.2) is 28.7 Å². The average molecular weight is 416 g/mol. The van der Waals surface area contributed by atoms with E-state index < -0.39 is 46.6 Å². The summed E-state index contributed by atoms with van der Waals surface area (Å²) in [7, 11) is 0. The second-order valence-electron chi connectivity index (χ2n) is 4.47. The third kappa shape index (κ3) is 3.37. The van der Waals surface area contributed by atoms with Gasteiger partial charge in [-0.05, 0) is 18.2 Å². The van der Waals surface area contributed by atoms with Gasteiger partial charge in [0.25, 0.3) is 5.91 Å². The molecule has 2 aromatic carbocycles. The fourth-order valence-electron chi connectivity index (χ4n) is 1.81. The summed E-state index contributed by atoms with van der Waals surface area (Å²) in [5, 5.41) is 1.53. The molecule has 0 heterocycles. The molecule has 2 rings (SSSR count). The summed E-state index contributed by atoms with van der Waals surface area (Å²) in [5.41, 5.74) is -4.51. The standard InChI is InChI=1S/C14H5BrF7NO/c15-6-3-1-2-5(4-6)13(24)23-12-10(18)8(16)7(14(20,21)22)9(17)11(12)19/h1-4H,(H,23,24). The lowest BCUT2D eigenvalue weighted by Crippen LogP contribution is -2.20.